The first-order valence-corrected chi connectivity index (χ1v) is 6.00. The zero-order chi connectivity index (χ0) is 14.9. The lowest BCUT2D eigenvalue weighted by Crippen LogP contribution is -2.45. The Hall–Kier alpha value is -2.51. The summed E-state index contributed by atoms with van der Waals surface area (Å²) in [5.41, 5.74) is 0.0738. The van der Waals surface area contributed by atoms with E-state index in [1.54, 1.807) is 20.8 Å². The molecule has 0 saturated carbocycles. The number of hydrogen-bond acceptors (Lipinski definition) is 5. The summed E-state index contributed by atoms with van der Waals surface area (Å²) in [7, 11) is 0. The van der Waals surface area contributed by atoms with Gasteiger partial charge in [-0.15, -0.1) is 0 Å². The normalized spacial score (nSPS) is 11.6. The summed E-state index contributed by atoms with van der Waals surface area (Å²) in [6.07, 6.45) is 2.59. The Labute approximate surface area is 114 Å². The number of rotatable bonds is 4. The Morgan fingerprint density at radius 1 is 1.40 bits per heavy atom. The van der Waals surface area contributed by atoms with Crippen LogP contribution in [0.2, 0.25) is 0 Å². The molecule has 0 bridgehead atoms. The van der Waals surface area contributed by atoms with Gasteiger partial charge in [0.15, 0.2) is 0 Å². The number of aromatic nitrogens is 4. The molecule has 0 aromatic carbocycles. The first kappa shape index (κ1) is 13.9. The van der Waals surface area contributed by atoms with Gasteiger partial charge in [-0.2, -0.15) is 10.1 Å². The molecule has 0 aliphatic carbocycles. The molecule has 0 radical (unpaired) electrons. The molecule has 0 aliphatic heterocycles. The highest BCUT2D eigenvalue weighted by atomic mass is 16.4. The number of carbonyl (C=O) groups excluding carboxylic acids is 1. The molecule has 2 aromatic rings. The zero-order valence-corrected chi connectivity index (χ0v) is 11.4. The highest BCUT2D eigenvalue weighted by Crippen LogP contribution is 2.12. The molecule has 106 valence electrons. The molecular formula is C12H15N5O3. The Bertz CT molecular complexity index is 677. The molecule has 0 saturated heterocycles. The van der Waals surface area contributed by atoms with Crippen LogP contribution in [0.15, 0.2) is 12.5 Å². The van der Waals surface area contributed by atoms with Gasteiger partial charge in [0.1, 0.15) is 6.33 Å². The highest BCUT2D eigenvalue weighted by molar-refractivity contribution is 5.95. The molecular weight excluding hydrogens is 262 g/mol. The summed E-state index contributed by atoms with van der Waals surface area (Å²) < 4.78 is 1.46. The number of carboxylic acid groups (broad SMARTS) is 1. The van der Waals surface area contributed by atoms with Gasteiger partial charge in [0.25, 0.3) is 11.7 Å². The SMILES string of the molecule is Cc1c(C(=O)NC(C)(C)CC(=O)O)cnc2ncnn12. The summed E-state index contributed by atoms with van der Waals surface area (Å²) in [4.78, 5) is 30.9. The van der Waals surface area contributed by atoms with Crippen molar-refractivity contribution in [2.75, 3.05) is 0 Å². The van der Waals surface area contributed by atoms with Crippen molar-refractivity contribution < 1.29 is 14.7 Å². The minimum absolute atomic E-state index is 0.170. The fraction of sp³-hybridized carbons (Fsp3) is 0.417. The quantitative estimate of drug-likeness (QED) is 0.838. The molecule has 0 aliphatic rings. The molecule has 2 N–H and O–H groups in total. The maximum atomic E-state index is 12.2. The van der Waals surface area contributed by atoms with Crippen molar-refractivity contribution in [2.24, 2.45) is 0 Å². The molecule has 8 heteroatoms. The maximum Gasteiger partial charge on any atom is 0.305 e. The first-order chi connectivity index (χ1) is 9.30. The second kappa shape index (κ2) is 4.87. The van der Waals surface area contributed by atoms with Crippen LogP contribution in [0.4, 0.5) is 0 Å². The third kappa shape index (κ3) is 2.73. The van der Waals surface area contributed by atoms with Gasteiger partial charge in [-0.3, -0.25) is 9.59 Å². The fourth-order valence-corrected chi connectivity index (χ4v) is 1.91. The molecule has 2 rings (SSSR count). The highest BCUT2D eigenvalue weighted by Gasteiger charge is 2.25. The minimum atomic E-state index is -0.975. The summed E-state index contributed by atoms with van der Waals surface area (Å²) in [6.45, 7) is 5.02. The third-order valence-corrected chi connectivity index (χ3v) is 2.84. The summed E-state index contributed by atoms with van der Waals surface area (Å²) >= 11 is 0. The van der Waals surface area contributed by atoms with E-state index in [0.29, 0.717) is 17.0 Å². The van der Waals surface area contributed by atoms with E-state index in [1.165, 1.54) is 17.0 Å². The van der Waals surface area contributed by atoms with Crippen LogP contribution in [0, 0.1) is 6.92 Å². The molecule has 8 nitrogen and oxygen atoms in total. The second-order valence-corrected chi connectivity index (χ2v) is 5.14. The van der Waals surface area contributed by atoms with Crippen LogP contribution >= 0.6 is 0 Å². The number of hydrogen-bond donors (Lipinski definition) is 2. The lowest BCUT2D eigenvalue weighted by Gasteiger charge is -2.24. The van der Waals surface area contributed by atoms with Crippen molar-refractivity contribution in [3.05, 3.63) is 23.8 Å². The summed E-state index contributed by atoms with van der Waals surface area (Å²) in [5.74, 6) is -0.959. The molecule has 1 amide bonds. The molecule has 0 spiro atoms. The maximum absolute atomic E-state index is 12.2. The van der Waals surface area contributed by atoms with Crippen LogP contribution in [0.25, 0.3) is 5.78 Å². The molecule has 2 heterocycles. The Balaban J connectivity index is 2.27. The zero-order valence-electron chi connectivity index (χ0n) is 11.4. The molecule has 0 fully saturated rings. The van der Waals surface area contributed by atoms with E-state index in [1.807, 2.05) is 0 Å². The number of nitrogens with one attached hydrogen (secondary N) is 1. The van der Waals surface area contributed by atoms with Gasteiger partial charge < -0.3 is 10.4 Å². The van der Waals surface area contributed by atoms with E-state index in [0.717, 1.165) is 0 Å². The monoisotopic (exact) mass is 277 g/mol. The van der Waals surface area contributed by atoms with Gasteiger partial charge in [0, 0.05) is 11.7 Å². The van der Waals surface area contributed by atoms with E-state index < -0.39 is 17.4 Å². The standard InChI is InChI=1S/C12H15N5O3/c1-7-8(5-13-11-14-6-15-17(7)11)10(20)16-12(2,3)4-9(18)19/h5-6H,4H2,1-3H3,(H,16,20)(H,18,19). The van der Waals surface area contributed by atoms with Crippen molar-refractivity contribution >= 4 is 17.7 Å². The van der Waals surface area contributed by atoms with Crippen molar-refractivity contribution in [2.45, 2.75) is 32.7 Å². The van der Waals surface area contributed by atoms with Gasteiger partial charge in [-0.1, -0.05) is 0 Å². The lowest BCUT2D eigenvalue weighted by molar-refractivity contribution is -0.138. The molecule has 2 aromatic heterocycles. The van der Waals surface area contributed by atoms with Crippen molar-refractivity contribution in [3.8, 4) is 0 Å². The van der Waals surface area contributed by atoms with Crippen LogP contribution in [-0.4, -0.2) is 42.1 Å². The predicted molar refractivity (Wildman–Crippen MR) is 69.3 cm³/mol. The topological polar surface area (TPSA) is 109 Å². The number of nitrogens with zero attached hydrogens (tertiary/aromatic N) is 4. The van der Waals surface area contributed by atoms with Gasteiger partial charge in [0.2, 0.25) is 0 Å². The van der Waals surface area contributed by atoms with Gasteiger partial charge in [-0.05, 0) is 20.8 Å². The summed E-state index contributed by atoms with van der Waals surface area (Å²) in [5, 5.41) is 15.5. The average molecular weight is 277 g/mol. The number of aryl methyl sites for hydroxylation is 1. The van der Waals surface area contributed by atoms with Crippen molar-refractivity contribution in [3.63, 3.8) is 0 Å². The summed E-state index contributed by atoms with van der Waals surface area (Å²) in [6, 6.07) is 0. The molecule has 20 heavy (non-hydrogen) atoms. The Morgan fingerprint density at radius 2 is 2.10 bits per heavy atom. The van der Waals surface area contributed by atoms with Crippen LogP contribution in [0.3, 0.4) is 0 Å². The molecule has 0 unspecified atom stereocenters. The lowest BCUT2D eigenvalue weighted by atomic mass is 10.00. The van der Waals surface area contributed by atoms with Crippen LogP contribution < -0.4 is 5.32 Å². The second-order valence-electron chi connectivity index (χ2n) is 5.14. The Kier molecular flexibility index (Phi) is 3.39. The number of fused-ring (bicyclic) bond motifs is 1. The van der Waals surface area contributed by atoms with E-state index >= 15 is 0 Å². The fourth-order valence-electron chi connectivity index (χ4n) is 1.91. The van der Waals surface area contributed by atoms with E-state index in [9.17, 15) is 9.59 Å². The first-order valence-electron chi connectivity index (χ1n) is 6.00. The largest absolute Gasteiger partial charge is 0.481 e. The van der Waals surface area contributed by atoms with Crippen LogP contribution in [0.1, 0.15) is 36.3 Å². The number of carboxylic acids is 1. The number of amides is 1. The Morgan fingerprint density at radius 3 is 2.75 bits per heavy atom. The van der Waals surface area contributed by atoms with E-state index in [2.05, 4.69) is 20.4 Å². The predicted octanol–water partition coefficient (Wildman–Crippen LogP) is 0.416. The van der Waals surface area contributed by atoms with Crippen molar-refractivity contribution in [1.82, 2.24) is 24.9 Å². The van der Waals surface area contributed by atoms with Crippen molar-refractivity contribution in [1.29, 1.82) is 0 Å². The third-order valence-electron chi connectivity index (χ3n) is 2.84. The van der Waals surface area contributed by atoms with E-state index in [4.69, 9.17) is 5.11 Å². The smallest absolute Gasteiger partial charge is 0.305 e. The molecule has 0 atom stereocenters. The van der Waals surface area contributed by atoms with Crippen LogP contribution in [-0.2, 0) is 4.79 Å². The average Bonchev–Trinajstić information content (AvgIpc) is 2.75. The van der Waals surface area contributed by atoms with Gasteiger partial charge in [-0.25, -0.2) is 9.50 Å². The van der Waals surface area contributed by atoms with E-state index in [-0.39, 0.29) is 6.42 Å². The van der Waals surface area contributed by atoms with Crippen LogP contribution in [0.5, 0.6) is 0 Å². The van der Waals surface area contributed by atoms with Gasteiger partial charge in [0.05, 0.1) is 17.7 Å². The number of carbonyl (C=O) groups is 2. The van der Waals surface area contributed by atoms with Gasteiger partial charge >= 0.3 is 5.97 Å². The number of aliphatic carboxylic acids is 1. The minimum Gasteiger partial charge on any atom is -0.481 e.